The van der Waals surface area contributed by atoms with E-state index in [1.54, 1.807) is 12.3 Å². The molecule has 0 unspecified atom stereocenters. The van der Waals surface area contributed by atoms with Crippen molar-refractivity contribution < 1.29 is 4.74 Å². The van der Waals surface area contributed by atoms with E-state index in [1.165, 1.54) is 0 Å². The molecule has 0 fully saturated rings. The monoisotopic (exact) mass is 268 g/mol. The van der Waals surface area contributed by atoms with Crippen LogP contribution in [-0.4, -0.2) is 15.0 Å². The summed E-state index contributed by atoms with van der Waals surface area (Å²) in [5, 5.41) is 0.976. The maximum Gasteiger partial charge on any atom is 0.226 e. The molecule has 3 rings (SSSR count). The predicted octanol–water partition coefficient (Wildman–Crippen LogP) is 1.68. The second-order valence-electron chi connectivity index (χ2n) is 4.03. The molecule has 3 aromatic rings. The SMILES string of the molecule is NNc1cc(Oc2cccc3cccnc23)nc(N)n1. The molecule has 0 aliphatic carbocycles. The molecule has 0 spiro atoms. The van der Waals surface area contributed by atoms with Gasteiger partial charge in [0.1, 0.15) is 11.3 Å². The van der Waals surface area contributed by atoms with Crippen LogP contribution in [0.5, 0.6) is 11.6 Å². The van der Waals surface area contributed by atoms with Crippen LogP contribution in [0.1, 0.15) is 0 Å². The molecule has 0 atom stereocenters. The summed E-state index contributed by atoms with van der Waals surface area (Å²) >= 11 is 0. The standard InChI is InChI=1S/C13H12N6O/c14-13-17-10(19-15)7-11(18-13)20-9-5-1-3-8-4-2-6-16-12(8)9/h1-7H,15H2,(H3,14,17,18,19). The number of benzene rings is 1. The van der Waals surface area contributed by atoms with E-state index in [9.17, 15) is 0 Å². The van der Waals surface area contributed by atoms with Crippen LogP contribution < -0.4 is 21.7 Å². The molecule has 0 amide bonds. The van der Waals surface area contributed by atoms with Gasteiger partial charge in [-0.1, -0.05) is 18.2 Å². The largest absolute Gasteiger partial charge is 0.436 e. The Morgan fingerprint density at radius 3 is 2.80 bits per heavy atom. The molecule has 20 heavy (non-hydrogen) atoms. The molecule has 2 aromatic heterocycles. The van der Waals surface area contributed by atoms with Crippen molar-refractivity contribution in [3.63, 3.8) is 0 Å². The van der Waals surface area contributed by atoms with Crippen molar-refractivity contribution in [3.05, 3.63) is 42.6 Å². The van der Waals surface area contributed by atoms with Crippen LogP contribution >= 0.6 is 0 Å². The van der Waals surface area contributed by atoms with E-state index in [0.29, 0.717) is 17.4 Å². The van der Waals surface area contributed by atoms with Crippen molar-refractivity contribution in [1.82, 2.24) is 15.0 Å². The molecule has 0 saturated heterocycles. The van der Waals surface area contributed by atoms with Gasteiger partial charge in [-0.3, -0.25) is 4.98 Å². The number of hydrogen-bond acceptors (Lipinski definition) is 7. The summed E-state index contributed by atoms with van der Waals surface area (Å²) in [4.78, 5) is 12.2. The van der Waals surface area contributed by atoms with E-state index in [4.69, 9.17) is 16.3 Å². The molecule has 0 aliphatic heterocycles. The van der Waals surface area contributed by atoms with Gasteiger partial charge in [-0.15, -0.1) is 0 Å². The summed E-state index contributed by atoms with van der Waals surface area (Å²) in [7, 11) is 0. The van der Waals surface area contributed by atoms with Crippen molar-refractivity contribution in [2.24, 2.45) is 5.84 Å². The third kappa shape index (κ3) is 2.29. The van der Waals surface area contributed by atoms with Crippen LogP contribution in [-0.2, 0) is 0 Å². The number of hydrogen-bond donors (Lipinski definition) is 3. The minimum absolute atomic E-state index is 0.0728. The van der Waals surface area contributed by atoms with Gasteiger partial charge in [-0.2, -0.15) is 9.97 Å². The Hall–Kier alpha value is -2.93. The highest BCUT2D eigenvalue weighted by Gasteiger charge is 2.07. The van der Waals surface area contributed by atoms with Crippen molar-refractivity contribution in [2.45, 2.75) is 0 Å². The molecule has 0 radical (unpaired) electrons. The number of para-hydroxylation sites is 1. The Bertz CT molecular complexity index is 755. The van der Waals surface area contributed by atoms with Gasteiger partial charge in [0.05, 0.1) is 0 Å². The zero-order chi connectivity index (χ0) is 13.9. The number of nitrogen functional groups attached to an aromatic ring is 2. The van der Waals surface area contributed by atoms with Gasteiger partial charge in [-0.25, -0.2) is 5.84 Å². The zero-order valence-electron chi connectivity index (χ0n) is 10.4. The van der Waals surface area contributed by atoms with E-state index in [2.05, 4.69) is 20.4 Å². The first-order valence-corrected chi connectivity index (χ1v) is 5.89. The number of nitrogens with one attached hydrogen (secondary N) is 1. The molecular weight excluding hydrogens is 256 g/mol. The summed E-state index contributed by atoms with van der Waals surface area (Å²) in [6, 6.07) is 11.0. The lowest BCUT2D eigenvalue weighted by molar-refractivity contribution is 0.467. The van der Waals surface area contributed by atoms with Crippen LogP contribution in [0.15, 0.2) is 42.6 Å². The Morgan fingerprint density at radius 2 is 1.95 bits per heavy atom. The van der Waals surface area contributed by atoms with Gasteiger partial charge in [0.2, 0.25) is 11.8 Å². The lowest BCUT2D eigenvalue weighted by Gasteiger charge is -2.08. The molecule has 2 heterocycles. The molecule has 5 N–H and O–H groups in total. The highest BCUT2D eigenvalue weighted by molar-refractivity contribution is 5.84. The molecule has 0 saturated carbocycles. The fourth-order valence-electron chi connectivity index (χ4n) is 1.84. The highest BCUT2D eigenvalue weighted by Crippen LogP contribution is 2.28. The van der Waals surface area contributed by atoms with Gasteiger partial charge in [-0.05, 0) is 12.1 Å². The molecule has 0 bridgehead atoms. The maximum absolute atomic E-state index is 5.73. The summed E-state index contributed by atoms with van der Waals surface area (Å²) in [6.45, 7) is 0. The Balaban J connectivity index is 2.03. The van der Waals surface area contributed by atoms with E-state index in [1.807, 2.05) is 30.3 Å². The van der Waals surface area contributed by atoms with Crippen molar-refractivity contribution in [1.29, 1.82) is 0 Å². The maximum atomic E-state index is 5.73. The number of fused-ring (bicyclic) bond motifs is 1. The number of nitrogens with two attached hydrogens (primary N) is 2. The number of rotatable bonds is 3. The lowest BCUT2D eigenvalue weighted by Crippen LogP contribution is -2.10. The number of aromatic nitrogens is 3. The van der Waals surface area contributed by atoms with Gasteiger partial charge in [0, 0.05) is 17.6 Å². The van der Waals surface area contributed by atoms with Crippen LogP contribution in [0, 0.1) is 0 Å². The summed E-state index contributed by atoms with van der Waals surface area (Å²) in [5.74, 6) is 6.64. The van der Waals surface area contributed by atoms with Crippen molar-refractivity contribution >= 4 is 22.7 Å². The summed E-state index contributed by atoms with van der Waals surface area (Å²) in [5.41, 5.74) is 8.74. The molecule has 100 valence electrons. The topological polar surface area (TPSA) is 112 Å². The molecule has 1 aromatic carbocycles. The van der Waals surface area contributed by atoms with E-state index >= 15 is 0 Å². The zero-order valence-corrected chi connectivity index (χ0v) is 10.4. The Labute approximate surface area is 114 Å². The fraction of sp³-hybridized carbons (Fsp3) is 0. The third-order valence-corrected chi connectivity index (χ3v) is 2.68. The second kappa shape index (κ2) is 4.98. The predicted molar refractivity (Wildman–Crippen MR) is 76.1 cm³/mol. The van der Waals surface area contributed by atoms with Crippen LogP contribution in [0.25, 0.3) is 10.9 Å². The Kier molecular flexibility index (Phi) is 3.02. The fourth-order valence-corrected chi connectivity index (χ4v) is 1.84. The number of hydrazine groups is 1. The summed E-state index contributed by atoms with van der Waals surface area (Å²) < 4.78 is 5.73. The average Bonchev–Trinajstić information content (AvgIpc) is 2.47. The quantitative estimate of drug-likeness (QED) is 0.489. The van der Waals surface area contributed by atoms with Crippen LogP contribution in [0.3, 0.4) is 0 Å². The number of ether oxygens (including phenoxy) is 1. The van der Waals surface area contributed by atoms with Gasteiger partial charge in [0.25, 0.3) is 0 Å². The molecule has 0 aliphatic rings. The van der Waals surface area contributed by atoms with Crippen molar-refractivity contribution in [3.8, 4) is 11.6 Å². The first-order valence-electron chi connectivity index (χ1n) is 5.89. The minimum atomic E-state index is 0.0728. The average molecular weight is 268 g/mol. The number of nitrogens with zero attached hydrogens (tertiary/aromatic N) is 3. The van der Waals surface area contributed by atoms with E-state index in [0.717, 1.165) is 10.9 Å². The third-order valence-electron chi connectivity index (χ3n) is 2.68. The highest BCUT2D eigenvalue weighted by atomic mass is 16.5. The normalized spacial score (nSPS) is 10.4. The smallest absolute Gasteiger partial charge is 0.226 e. The van der Waals surface area contributed by atoms with Crippen LogP contribution in [0.4, 0.5) is 11.8 Å². The van der Waals surface area contributed by atoms with Crippen LogP contribution in [0.2, 0.25) is 0 Å². The molecular formula is C13H12N6O. The van der Waals surface area contributed by atoms with E-state index < -0.39 is 0 Å². The van der Waals surface area contributed by atoms with Crippen molar-refractivity contribution in [2.75, 3.05) is 11.2 Å². The first-order chi connectivity index (χ1) is 9.76. The lowest BCUT2D eigenvalue weighted by atomic mass is 10.2. The summed E-state index contributed by atoms with van der Waals surface area (Å²) in [6.07, 6.45) is 1.70. The molecule has 7 heteroatoms. The van der Waals surface area contributed by atoms with E-state index in [-0.39, 0.29) is 5.95 Å². The molecule has 7 nitrogen and oxygen atoms in total. The first kappa shape index (κ1) is 12.1. The number of pyridine rings is 1. The van der Waals surface area contributed by atoms with Gasteiger partial charge >= 0.3 is 0 Å². The second-order valence-corrected chi connectivity index (χ2v) is 4.03. The Morgan fingerprint density at radius 1 is 1.10 bits per heavy atom. The van der Waals surface area contributed by atoms with Gasteiger partial charge < -0.3 is 15.9 Å². The minimum Gasteiger partial charge on any atom is -0.436 e. The number of anilines is 2. The van der Waals surface area contributed by atoms with Gasteiger partial charge in [0.15, 0.2) is 5.75 Å².